The summed E-state index contributed by atoms with van der Waals surface area (Å²) in [6.45, 7) is 9.45. The van der Waals surface area contributed by atoms with E-state index in [1.807, 2.05) is 0 Å². The molecule has 1 aliphatic heterocycles. The average molecular weight is 268 g/mol. The van der Waals surface area contributed by atoms with E-state index < -0.39 is 0 Å². The molecule has 108 valence electrons. The predicted molar refractivity (Wildman–Crippen MR) is 71.8 cm³/mol. The van der Waals surface area contributed by atoms with Crippen LogP contribution in [0, 0.1) is 0 Å². The Morgan fingerprint density at radius 1 is 1.47 bits per heavy atom. The smallest absolute Gasteiger partial charge is 0.231 e. The minimum absolute atomic E-state index is 0.0936. The molecular weight excluding hydrogens is 244 g/mol. The van der Waals surface area contributed by atoms with Gasteiger partial charge in [-0.2, -0.15) is 4.98 Å². The molecule has 2 atom stereocenters. The number of hydrogen-bond acceptors (Lipinski definition) is 6. The first kappa shape index (κ1) is 14.4. The first-order valence-corrected chi connectivity index (χ1v) is 7.04. The number of morpholine rings is 1. The fourth-order valence-corrected chi connectivity index (χ4v) is 2.28. The van der Waals surface area contributed by atoms with E-state index in [-0.39, 0.29) is 12.0 Å². The van der Waals surface area contributed by atoms with E-state index in [9.17, 15) is 0 Å². The molecule has 1 aromatic rings. The van der Waals surface area contributed by atoms with E-state index >= 15 is 0 Å². The van der Waals surface area contributed by atoms with E-state index in [1.54, 1.807) is 0 Å². The number of hydrogen-bond donors (Lipinski definition) is 1. The molecular formula is C13H24N4O2. The van der Waals surface area contributed by atoms with Crippen molar-refractivity contribution in [2.45, 2.75) is 45.3 Å². The summed E-state index contributed by atoms with van der Waals surface area (Å²) in [6.07, 6.45) is 0.811. The van der Waals surface area contributed by atoms with Crippen molar-refractivity contribution in [1.29, 1.82) is 0 Å². The van der Waals surface area contributed by atoms with Gasteiger partial charge < -0.3 is 15.0 Å². The zero-order valence-corrected chi connectivity index (χ0v) is 12.0. The molecule has 1 aromatic heterocycles. The van der Waals surface area contributed by atoms with Crippen molar-refractivity contribution in [3.63, 3.8) is 0 Å². The van der Waals surface area contributed by atoms with Gasteiger partial charge in [0.05, 0.1) is 12.5 Å². The SMILES string of the molecule is CCC(CN)c1nc(C2CN(C(C)C)CCO2)no1. The largest absolute Gasteiger partial charge is 0.367 e. The third-order valence-electron chi connectivity index (χ3n) is 3.70. The first-order valence-electron chi connectivity index (χ1n) is 7.04. The fraction of sp³-hybridized carbons (Fsp3) is 0.846. The normalized spacial score (nSPS) is 22.9. The van der Waals surface area contributed by atoms with Crippen LogP contribution in [-0.4, -0.2) is 47.3 Å². The summed E-state index contributed by atoms with van der Waals surface area (Å²) in [7, 11) is 0. The lowest BCUT2D eigenvalue weighted by Crippen LogP contribution is -2.42. The molecule has 6 heteroatoms. The monoisotopic (exact) mass is 268 g/mol. The lowest BCUT2D eigenvalue weighted by molar-refractivity contribution is -0.0450. The third-order valence-corrected chi connectivity index (χ3v) is 3.70. The third kappa shape index (κ3) is 3.32. The molecule has 0 aromatic carbocycles. The molecule has 0 radical (unpaired) electrons. The van der Waals surface area contributed by atoms with Crippen LogP contribution in [0.15, 0.2) is 4.52 Å². The molecule has 0 bridgehead atoms. The summed E-state index contributed by atoms with van der Waals surface area (Å²) in [4.78, 5) is 6.83. The molecule has 1 fully saturated rings. The molecule has 0 aliphatic carbocycles. The zero-order chi connectivity index (χ0) is 13.8. The Balaban J connectivity index is 2.05. The maximum Gasteiger partial charge on any atom is 0.231 e. The van der Waals surface area contributed by atoms with E-state index in [0.717, 1.165) is 19.5 Å². The molecule has 2 rings (SSSR count). The van der Waals surface area contributed by atoms with Crippen LogP contribution in [0.4, 0.5) is 0 Å². The van der Waals surface area contributed by atoms with Crippen LogP contribution in [0.3, 0.4) is 0 Å². The van der Waals surface area contributed by atoms with E-state index in [2.05, 4.69) is 35.8 Å². The number of aromatic nitrogens is 2. The Bertz CT molecular complexity index is 390. The van der Waals surface area contributed by atoms with Crippen LogP contribution < -0.4 is 5.73 Å². The van der Waals surface area contributed by atoms with Gasteiger partial charge in [0.25, 0.3) is 0 Å². The summed E-state index contributed by atoms with van der Waals surface area (Å²) < 4.78 is 11.1. The summed E-state index contributed by atoms with van der Waals surface area (Å²) >= 11 is 0. The molecule has 2 heterocycles. The molecule has 2 N–H and O–H groups in total. The predicted octanol–water partition coefficient (Wildman–Crippen LogP) is 1.30. The highest BCUT2D eigenvalue weighted by molar-refractivity contribution is 4.98. The van der Waals surface area contributed by atoms with Gasteiger partial charge in [0.2, 0.25) is 11.7 Å². The van der Waals surface area contributed by atoms with Crippen LogP contribution in [0.1, 0.15) is 50.9 Å². The topological polar surface area (TPSA) is 77.4 Å². The first-order chi connectivity index (χ1) is 9.15. The Morgan fingerprint density at radius 2 is 2.26 bits per heavy atom. The second-order valence-corrected chi connectivity index (χ2v) is 5.28. The Morgan fingerprint density at radius 3 is 2.89 bits per heavy atom. The average Bonchev–Trinajstić information content (AvgIpc) is 2.90. The molecule has 6 nitrogen and oxygen atoms in total. The lowest BCUT2D eigenvalue weighted by Gasteiger charge is -2.34. The van der Waals surface area contributed by atoms with Gasteiger partial charge in [-0.3, -0.25) is 4.90 Å². The van der Waals surface area contributed by atoms with Gasteiger partial charge in [-0.15, -0.1) is 0 Å². The highest BCUT2D eigenvalue weighted by Crippen LogP contribution is 2.23. The highest BCUT2D eigenvalue weighted by Gasteiger charge is 2.28. The summed E-state index contributed by atoms with van der Waals surface area (Å²) in [5.74, 6) is 1.42. The van der Waals surface area contributed by atoms with Crippen molar-refractivity contribution >= 4 is 0 Å². The van der Waals surface area contributed by atoms with Gasteiger partial charge in [0.15, 0.2) is 0 Å². The van der Waals surface area contributed by atoms with Crippen LogP contribution >= 0.6 is 0 Å². The number of nitrogens with two attached hydrogens (primary N) is 1. The Hall–Kier alpha value is -0.980. The molecule has 2 unspecified atom stereocenters. The van der Waals surface area contributed by atoms with Gasteiger partial charge in [-0.25, -0.2) is 0 Å². The molecule has 0 amide bonds. The molecule has 19 heavy (non-hydrogen) atoms. The van der Waals surface area contributed by atoms with Crippen LogP contribution in [0.2, 0.25) is 0 Å². The molecule has 0 spiro atoms. The van der Waals surface area contributed by atoms with E-state index in [1.165, 1.54) is 0 Å². The highest BCUT2D eigenvalue weighted by atomic mass is 16.5. The van der Waals surface area contributed by atoms with Crippen molar-refractivity contribution in [3.05, 3.63) is 11.7 Å². The second-order valence-electron chi connectivity index (χ2n) is 5.28. The fourth-order valence-electron chi connectivity index (χ4n) is 2.28. The van der Waals surface area contributed by atoms with Crippen molar-refractivity contribution < 1.29 is 9.26 Å². The number of nitrogens with zero attached hydrogens (tertiary/aromatic N) is 3. The van der Waals surface area contributed by atoms with Crippen molar-refractivity contribution in [2.24, 2.45) is 5.73 Å². The van der Waals surface area contributed by atoms with Gasteiger partial charge in [-0.1, -0.05) is 12.1 Å². The summed E-state index contributed by atoms with van der Waals surface area (Å²) in [6, 6.07) is 0.505. The van der Waals surface area contributed by atoms with Gasteiger partial charge in [0, 0.05) is 25.7 Å². The maximum atomic E-state index is 5.75. The van der Waals surface area contributed by atoms with Crippen molar-refractivity contribution in [2.75, 3.05) is 26.2 Å². The quantitative estimate of drug-likeness (QED) is 0.867. The van der Waals surface area contributed by atoms with Crippen molar-refractivity contribution in [1.82, 2.24) is 15.0 Å². The summed E-state index contributed by atoms with van der Waals surface area (Å²) in [5.41, 5.74) is 5.70. The maximum absolute atomic E-state index is 5.75. The zero-order valence-electron chi connectivity index (χ0n) is 12.0. The second kappa shape index (κ2) is 6.45. The van der Waals surface area contributed by atoms with Crippen molar-refractivity contribution in [3.8, 4) is 0 Å². The van der Waals surface area contributed by atoms with Gasteiger partial charge in [0.1, 0.15) is 6.10 Å². The van der Waals surface area contributed by atoms with E-state index in [0.29, 0.717) is 30.9 Å². The van der Waals surface area contributed by atoms with Crippen LogP contribution in [-0.2, 0) is 4.74 Å². The molecule has 0 saturated carbocycles. The van der Waals surface area contributed by atoms with Crippen LogP contribution in [0.5, 0.6) is 0 Å². The van der Waals surface area contributed by atoms with Crippen LogP contribution in [0.25, 0.3) is 0 Å². The number of rotatable bonds is 5. The van der Waals surface area contributed by atoms with Gasteiger partial charge in [-0.05, 0) is 20.3 Å². The minimum atomic E-state index is -0.0936. The summed E-state index contributed by atoms with van der Waals surface area (Å²) in [5, 5.41) is 4.06. The lowest BCUT2D eigenvalue weighted by atomic mass is 10.1. The Kier molecular flexibility index (Phi) is 4.90. The van der Waals surface area contributed by atoms with E-state index in [4.69, 9.17) is 15.0 Å². The minimum Gasteiger partial charge on any atom is -0.367 e. The molecule has 1 saturated heterocycles. The molecule has 1 aliphatic rings. The van der Waals surface area contributed by atoms with Gasteiger partial charge >= 0.3 is 0 Å². The standard InChI is InChI=1S/C13H24N4O2/c1-4-10(7-14)13-15-12(16-19-13)11-8-17(9(2)3)5-6-18-11/h9-11H,4-8,14H2,1-3H3. The number of ether oxygens (including phenoxy) is 1. The Labute approximate surface area is 114 Å².